The van der Waals surface area contributed by atoms with E-state index in [1.165, 1.54) is 18.2 Å². The first-order chi connectivity index (χ1) is 8.90. The Morgan fingerprint density at radius 2 is 2.10 bits per heavy atom. The average molecular weight is 308 g/mol. The van der Waals surface area contributed by atoms with Crippen LogP contribution in [0.1, 0.15) is 24.9 Å². The summed E-state index contributed by atoms with van der Waals surface area (Å²) in [5.41, 5.74) is 0.270. The molecule has 1 aromatic carbocycles. The standard InChI is InChI=1S/C13H13ClFNO3.Na/c1-6(8-4-7(14)2-3-11(8)15)16-12(17)9-5-10(9)13(18)19;/h2-4,6,9-10H,5H2,1H3,(H,16,17)(H,18,19);/q;+1/p-1/t6-,9-,10+;/m1./s1. The van der Waals surface area contributed by atoms with Crippen LogP contribution >= 0.6 is 11.6 Å². The minimum Gasteiger partial charge on any atom is -0.550 e. The van der Waals surface area contributed by atoms with E-state index < -0.39 is 35.6 Å². The largest absolute Gasteiger partial charge is 1.00 e. The summed E-state index contributed by atoms with van der Waals surface area (Å²) in [6.45, 7) is 1.61. The van der Waals surface area contributed by atoms with E-state index in [1.54, 1.807) is 6.92 Å². The fraction of sp³-hybridized carbons (Fsp3) is 0.385. The molecule has 20 heavy (non-hydrogen) atoms. The predicted molar refractivity (Wildman–Crippen MR) is 64.6 cm³/mol. The maximum Gasteiger partial charge on any atom is 1.00 e. The number of aliphatic carboxylic acids is 1. The van der Waals surface area contributed by atoms with Crippen molar-refractivity contribution in [1.29, 1.82) is 0 Å². The second kappa shape index (κ2) is 6.89. The Balaban J connectivity index is 0.00000200. The van der Waals surface area contributed by atoms with Crippen LogP contribution in [0.25, 0.3) is 0 Å². The molecule has 0 aliphatic heterocycles. The number of rotatable bonds is 4. The predicted octanol–water partition coefficient (Wildman–Crippen LogP) is -1.95. The summed E-state index contributed by atoms with van der Waals surface area (Å²) in [7, 11) is 0. The monoisotopic (exact) mass is 307 g/mol. The van der Waals surface area contributed by atoms with Crippen molar-refractivity contribution >= 4 is 23.5 Å². The number of carbonyl (C=O) groups excluding carboxylic acids is 2. The molecule has 4 nitrogen and oxygen atoms in total. The number of hydrogen-bond acceptors (Lipinski definition) is 3. The van der Waals surface area contributed by atoms with E-state index in [1.807, 2.05) is 0 Å². The number of halogens is 2. The van der Waals surface area contributed by atoms with Crippen molar-refractivity contribution < 1.29 is 48.6 Å². The van der Waals surface area contributed by atoms with Crippen LogP contribution in [0.4, 0.5) is 4.39 Å². The van der Waals surface area contributed by atoms with Gasteiger partial charge in [-0.25, -0.2) is 4.39 Å². The number of carboxylic acids is 1. The van der Waals surface area contributed by atoms with Crippen LogP contribution in [0.15, 0.2) is 18.2 Å². The van der Waals surface area contributed by atoms with Gasteiger partial charge in [-0.05, 0) is 31.5 Å². The molecule has 3 atom stereocenters. The SMILES string of the molecule is C[C@@H](NC(=O)[C@@H]1C[C@@H]1C(=O)[O-])c1cc(Cl)ccc1F.[Na+]. The van der Waals surface area contributed by atoms with Gasteiger partial charge in [-0.2, -0.15) is 0 Å². The Hall–Kier alpha value is -0.620. The Labute approximate surface area is 143 Å². The molecule has 0 unspecified atom stereocenters. The number of benzene rings is 1. The molecule has 0 saturated heterocycles. The van der Waals surface area contributed by atoms with Crippen molar-refractivity contribution in [3.63, 3.8) is 0 Å². The Bertz CT molecular complexity index is 540. The van der Waals surface area contributed by atoms with E-state index in [9.17, 15) is 19.1 Å². The number of hydrogen-bond donors (Lipinski definition) is 1. The number of nitrogens with one attached hydrogen (secondary N) is 1. The Morgan fingerprint density at radius 1 is 1.45 bits per heavy atom. The van der Waals surface area contributed by atoms with Gasteiger partial charge < -0.3 is 15.2 Å². The fourth-order valence-corrected chi connectivity index (χ4v) is 2.17. The number of carbonyl (C=O) groups is 2. The van der Waals surface area contributed by atoms with Gasteiger partial charge >= 0.3 is 29.6 Å². The van der Waals surface area contributed by atoms with Crippen molar-refractivity contribution in [3.8, 4) is 0 Å². The third-order valence-electron chi connectivity index (χ3n) is 3.21. The quantitative estimate of drug-likeness (QED) is 0.657. The van der Waals surface area contributed by atoms with Crippen LogP contribution in [-0.2, 0) is 9.59 Å². The van der Waals surface area contributed by atoms with Crippen LogP contribution in [0.3, 0.4) is 0 Å². The molecule has 0 aromatic heterocycles. The molecule has 1 aliphatic carbocycles. The average Bonchev–Trinajstić information content (AvgIpc) is 3.12. The van der Waals surface area contributed by atoms with Gasteiger partial charge in [0, 0.05) is 28.4 Å². The zero-order chi connectivity index (χ0) is 14.2. The van der Waals surface area contributed by atoms with E-state index in [0.29, 0.717) is 5.02 Å². The molecule has 1 aliphatic rings. The maximum atomic E-state index is 13.6. The topological polar surface area (TPSA) is 69.2 Å². The zero-order valence-corrected chi connectivity index (χ0v) is 13.9. The van der Waals surface area contributed by atoms with Gasteiger partial charge in [-0.1, -0.05) is 11.6 Å². The molecule has 0 heterocycles. The summed E-state index contributed by atoms with van der Waals surface area (Å²) < 4.78 is 13.6. The molecule has 1 fully saturated rings. The second-order valence-corrected chi connectivity index (χ2v) is 5.10. The third-order valence-corrected chi connectivity index (χ3v) is 3.45. The van der Waals surface area contributed by atoms with Gasteiger partial charge in [0.1, 0.15) is 5.82 Å². The fourth-order valence-electron chi connectivity index (χ4n) is 1.99. The van der Waals surface area contributed by atoms with E-state index in [4.69, 9.17) is 11.6 Å². The van der Waals surface area contributed by atoms with E-state index in [0.717, 1.165) is 0 Å². The number of carboxylic acid groups (broad SMARTS) is 1. The Kier molecular flexibility index (Phi) is 6.01. The third kappa shape index (κ3) is 3.95. The minimum atomic E-state index is -1.22. The van der Waals surface area contributed by atoms with Gasteiger partial charge in [0.15, 0.2) is 0 Å². The summed E-state index contributed by atoms with van der Waals surface area (Å²) in [5, 5.41) is 13.5. The van der Waals surface area contributed by atoms with E-state index >= 15 is 0 Å². The molecule has 0 bridgehead atoms. The molecule has 1 aromatic rings. The summed E-state index contributed by atoms with van der Waals surface area (Å²) in [4.78, 5) is 22.3. The van der Waals surface area contributed by atoms with Crippen LogP contribution < -0.4 is 40.0 Å². The summed E-state index contributed by atoms with van der Waals surface area (Å²) in [6, 6.07) is 3.50. The molecular weight excluding hydrogens is 296 g/mol. The van der Waals surface area contributed by atoms with Gasteiger partial charge in [0.05, 0.1) is 6.04 Å². The van der Waals surface area contributed by atoms with E-state index in [2.05, 4.69) is 5.32 Å². The molecular formula is C13H12ClFNNaO3. The smallest absolute Gasteiger partial charge is 0.550 e. The molecule has 102 valence electrons. The van der Waals surface area contributed by atoms with Gasteiger partial charge in [0.25, 0.3) is 0 Å². The van der Waals surface area contributed by atoms with Crippen LogP contribution in [0.2, 0.25) is 5.02 Å². The number of amides is 1. The van der Waals surface area contributed by atoms with Crippen molar-refractivity contribution in [1.82, 2.24) is 5.32 Å². The van der Waals surface area contributed by atoms with Gasteiger partial charge in [-0.3, -0.25) is 4.79 Å². The van der Waals surface area contributed by atoms with Gasteiger partial charge in [-0.15, -0.1) is 0 Å². The van der Waals surface area contributed by atoms with Crippen molar-refractivity contribution in [2.45, 2.75) is 19.4 Å². The molecule has 7 heteroatoms. The zero-order valence-electron chi connectivity index (χ0n) is 11.2. The van der Waals surface area contributed by atoms with Crippen molar-refractivity contribution in [3.05, 3.63) is 34.6 Å². The first-order valence-corrected chi connectivity index (χ1v) is 6.24. The maximum absolute atomic E-state index is 13.6. The molecule has 2 rings (SSSR count). The van der Waals surface area contributed by atoms with Crippen molar-refractivity contribution in [2.24, 2.45) is 11.8 Å². The normalized spacial score (nSPS) is 21.6. The molecule has 1 saturated carbocycles. The van der Waals surface area contributed by atoms with Crippen molar-refractivity contribution in [2.75, 3.05) is 0 Å². The second-order valence-electron chi connectivity index (χ2n) is 4.66. The van der Waals surface area contributed by atoms with Crippen LogP contribution in [-0.4, -0.2) is 11.9 Å². The molecule has 1 N–H and O–H groups in total. The molecule has 0 spiro atoms. The first-order valence-electron chi connectivity index (χ1n) is 5.86. The van der Waals surface area contributed by atoms with Crippen LogP contribution in [0.5, 0.6) is 0 Å². The molecule has 1 amide bonds. The molecule has 0 radical (unpaired) electrons. The summed E-state index contributed by atoms with van der Waals surface area (Å²) in [6.07, 6.45) is 0.277. The summed E-state index contributed by atoms with van der Waals surface area (Å²) in [5.74, 6) is -3.39. The summed E-state index contributed by atoms with van der Waals surface area (Å²) >= 11 is 5.77. The Morgan fingerprint density at radius 3 is 2.65 bits per heavy atom. The van der Waals surface area contributed by atoms with Crippen LogP contribution in [0, 0.1) is 17.7 Å². The first kappa shape index (κ1) is 17.4. The van der Waals surface area contributed by atoms with E-state index in [-0.39, 0.29) is 41.5 Å². The minimum absolute atomic E-state index is 0. The van der Waals surface area contributed by atoms with Gasteiger partial charge in [0.2, 0.25) is 5.91 Å².